The smallest absolute Gasteiger partial charge is 0.0931 e. The van der Waals surface area contributed by atoms with Crippen LogP contribution in [0.4, 0.5) is 0 Å². The first-order valence-electron chi connectivity index (χ1n) is 7.08. The standard InChI is InChI=1S/C15H26N2O/c1-3-5-10-17(11-6-4-2)13-15(18)14-8-7-9-16-12-14/h7-9,12,15,18H,3-6,10-11,13H2,1-2H3. The van der Waals surface area contributed by atoms with E-state index < -0.39 is 6.10 Å². The van der Waals surface area contributed by atoms with Crippen molar-refractivity contribution in [2.24, 2.45) is 0 Å². The Labute approximate surface area is 111 Å². The molecule has 3 nitrogen and oxygen atoms in total. The van der Waals surface area contributed by atoms with Gasteiger partial charge in [-0.2, -0.15) is 0 Å². The van der Waals surface area contributed by atoms with Gasteiger partial charge in [0.1, 0.15) is 0 Å². The molecule has 1 N–H and O–H groups in total. The molecule has 102 valence electrons. The third-order valence-corrected chi connectivity index (χ3v) is 3.16. The van der Waals surface area contributed by atoms with Crippen LogP contribution in [0.2, 0.25) is 0 Å². The van der Waals surface area contributed by atoms with Gasteiger partial charge < -0.3 is 10.0 Å². The van der Waals surface area contributed by atoms with Gasteiger partial charge in [0.2, 0.25) is 0 Å². The molecule has 0 bridgehead atoms. The zero-order chi connectivity index (χ0) is 13.2. The summed E-state index contributed by atoms with van der Waals surface area (Å²) in [6.07, 6.45) is 7.86. The zero-order valence-corrected chi connectivity index (χ0v) is 11.7. The number of aliphatic hydroxyl groups excluding tert-OH is 1. The van der Waals surface area contributed by atoms with Crippen LogP contribution < -0.4 is 0 Å². The summed E-state index contributed by atoms with van der Waals surface area (Å²) < 4.78 is 0. The second kappa shape index (κ2) is 9.06. The van der Waals surface area contributed by atoms with Crippen LogP contribution in [-0.2, 0) is 0 Å². The first-order valence-corrected chi connectivity index (χ1v) is 7.08. The van der Waals surface area contributed by atoms with Crippen LogP contribution in [0.15, 0.2) is 24.5 Å². The molecule has 0 aliphatic heterocycles. The van der Waals surface area contributed by atoms with Crippen LogP contribution in [0, 0.1) is 0 Å². The monoisotopic (exact) mass is 250 g/mol. The van der Waals surface area contributed by atoms with E-state index >= 15 is 0 Å². The Kier molecular flexibility index (Phi) is 7.62. The highest BCUT2D eigenvalue weighted by Gasteiger charge is 2.12. The van der Waals surface area contributed by atoms with Crippen molar-refractivity contribution < 1.29 is 5.11 Å². The van der Waals surface area contributed by atoms with Crippen molar-refractivity contribution in [3.05, 3.63) is 30.1 Å². The molecule has 0 fully saturated rings. The van der Waals surface area contributed by atoms with Crippen molar-refractivity contribution in [3.8, 4) is 0 Å². The highest BCUT2D eigenvalue weighted by atomic mass is 16.3. The van der Waals surface area contributed by atoms with Gasteiger partial charge in [0.15, 0.2) is 0 Å². The molecule has 0 aliphatic carbocycles. The van der Waals surface area contributed by atoms with Crippen LogP contribution >= 0.6 is 0 Å². The topological polar surface area (TPSA) is 36.4 Å². The molecule has 1 aromatic heterocycles. The Morgan fingerprint density at radius 1 is 1.22 bits per heavy atom. The predicted octanol–water partition coefficient (Wildman–Crippen LogP) is 3.02. The van der Waals surface area contributed by atoms with Gasteiger partial charge in [0.05, 0.1) is 6.10 Å². The molecule has 0 saturated heterocycles. The molecule has 0 radical (unpaired) electrons. The molecule has 0 aromatic carbocycles. The Bertz CT molecular complexity index is 295. The third kappa shape index (κ3) is 5.61. The second-order valence-electron chi connectivity index (χ2n) is 4.81. The number of nitrogens with zero attached hydrogens (tertiary/aromatic N) is 2. The van der Waals surface area contributed by atoms with Crippen molar-refractivity contribution in [1.82, 2.24) is 9.88 Å². The molecule has 1 unspecified atom stereocenters. The molecule has 0 amide bonds. The largest absolute Gasteiger partial charge is 0.387 e. The number of hydrogen-bond donors (Lipinski definition) is 1. The van der Waals surface area contributed by atoms with E-state index in [1.54, 1.807) is 12.4 Å². The van der Waals surface area contributed by atoms with E-state index in [0.717, 1.165) is 18.7 Å². The third-order valence-electron chi connectivity index (χ3n) is 3.16. The van der Waals surface area contributed by atoms with Gasteiger partial charge in [-0.05, 0) is 32.0 Å². The Balaban J connectivity index is 2.47. The molecule has 1 heterocycles. The molecule has 1 aromatic rings. The summed E-state index contributed by atoms with van der Waals surface area (Å²) >= 11 is 0. The second-order valence-corrected chi connectivity index (χ2v) is 4.81. The molecule has 3 heteroatoms. The lowest BCUT2D eigenvalue weighted by atomic mass is 10.1. The minimum atomic E-state index is -0.424. The van der Waals surface area contributed by atoms with Crippen molar-refractivity contribution >= 4 is 0 Å². The summed E-state index contributed by atoms with van der Waals surface area (Å²) in [4.78, 5) is 6.42. The fourth-order valence-electron chi connectivity index (χ4n) is 1.98. The van der Waals surface area contributed by atoms with Gasteiger partial charge in [-0.25, -0.2) is 0 Å². The number of hydrogen-bond acceptors (Lipinski definition) is 3. The fourth-order valence-corrected chi connectivity index (χ4v) is 1.98. The maximum atomic E-state index is 10.2. The van der Waals surface area contributed by atoms with Crippen molar-refractivity contribution in [2.75, 3.05) is 19.6 Å². The molecular weight excluding hydrogens is 224 g/mol. The summed E-state index contributed by atoms with van der Waals surface area (Å²) in [5.74, 6) is 0. The lowest BCUT2D eigenvalue weighted by Gasteiger charge is -2.24. The Hall–Kier alpha value is -0.930. The average Bonchev–Trinajstić information content (AvgIpc) is 2.42. The maximum Gasteiger partial charge on any atom is 0.0931 e. The number of rotatable bonds is 9. The molecule has 18 heavy (non-hydrogen) atoms. The van der Waals surface area contributed by atoms with Gasteiger partial charge in [-0.3, -0.25) is 4.98 Å². The van der Waals surface area contributed by atoms with Gasteiger partial charge in [-0.1, -0.05) is 32.8 Å². The predicted molar refractivity (Wildman–Crippen MR) is 75.5 cm³/mol. The van der Waals surface area contributed by atoms with Crippen molar-refractivity contribution in [1.29, 1.82) is 0 Å². The van der Waals surface area contributed by atoms with Crippen LogP contribution in [0.3, 0.4) is 0 Å². The van der Waals surface area contributed by atoms with E-state index in [-0.39, 0.29) is 0 Å². The number of aliphatic hydroxyl groups is 1. The average molecular weight is 250 g/mol. The van der Waals surface area contributed by atoms with Crippen LogP contribution in [-0.4, -0.2) is 34.6 Å². The SMILES string of the molecule is CCCCN(CCCC)CC(O)c1cccnc1. The number of pyridine rings is 1. The van der Waals surface area contributed by atoms with E-state index in [1.165, 1.54) is 25.7 Å². The minimum absolute atomic E-state index is 0.424. The van der Waals surface area contributed by atoms with Crippen molar-refractivity contribution in [2.45, 2.75) is 45.6 Å². The summed E-state index contributed by atoms with van der Waals surface area (Å²) in [5.41, 5.74) is 0.912. The summed E-state index contributed by atoms with van der Waals surface area (Å²) in [7, 11) is 0. The van der Waals surface area contributed by atoms with Crippen LogP contribution in [0.1, 0.15) is 51.2 Å². The van der Waals surface area contributed by atoms with Gasteiger partial charge >= 0.3 is 0 Å². The quantitative estimate of drug-likeness (QED) is 0.732. The van der Waals surface area contributed by atoms with Gasteiger partial charge in [-0.15, -0.1) is 0 Å². The minimum Gasteiger partial charge on any atom is -0.387 e. The van der Waals surface area contributed by atoms with E-state index in [0.29, 0.717) is 6.54 Å². The number of aromatic nitrogens is 1. The van der Waals surface area contributed by atoms with Gasteiger partial charge in [0.25, 0.3) is 0 Å². The Morgan fingerprint density at radius 2 is 1.89 bits per heavy atom. The first kappa shape index (κ1) is 15.1. The summed E-state index contributed by atoms with van der Waals surface area (Å²) in [5, 5.41) is 10.2. The van der Waals surface area contributed by atoms with E-state index in [2.05, 4.69) is 23.7 Å². The van der Waals surface area contributed by atoms with E-state index in [1.807, 2.05) is 12.1 Å². The molecule has 1 rings (SSSR count). The highest BCUT2D eigenvalue weighted by molar-refractivity contribution is 5.12. The number of unbranched alkanes of at least 4 members (excludes halogenated alkanes) is 2. The zero-order valence-electron chi connectivity index (χ0n) is 11.7. The normalized spacial score (nSPS) is 12.9. The lowest BCUT2D eigenvalue weighted by Crippen LogP contribution is -2.30. The van der Waals surface area contributed by atoms with Crippen LogP contribution in [0.5, 0.6) is 0 Å². The molecule has 1 atom stereocenters. The molecule has 0 spiro atoms. The van der Waals surface area contributed by atoms with Crippen molar-refractivity contribution in [3.63, 3.8) is 0 Å². The van der Waals surface area contributed by atoms with Gasteiger partial charge in [0, 0.05) is 24.5 Å². The van der Waals surface area contributed by atoms with Crippen LogP contribution in [0.25, 0.3) is 0 Å². The molecular formula is C15H26N2O. The maximum absolute atomic E-state index is 10.2. The Morgan fingerprint density at radius 3 is 2.39 bits per heavy atom. The fraction of sp³-hybridized carbons (Fsp3) is 0.667. The summed E-state index contributed by atoms with van der Waals surface area (Å²) in [6.45, 7) is 7.28. The highest BCUT2D eigenvalue weighted by Crippen LogP contribution is 2.13. The summed E-state index contributed by atoms with van der Waals surface area (Å²) in [6, 6.07) is 3.82. The van der Waals surface area contributed by atoms with E-state index in [9.17, 15) is 5.11 Å². The first-order chi connectivity index (χ1) is 8.77. The molecule has 0 saturated carbocycles. The van der Waals surface area contributed by atoms with E-state index in [4.69, 9.17) is 0 Å². The lowest BCUT2D eigenvalue weighted by molar-refractivity contribution is 0.111. The molecule has 0 aliphatic rings.